The van der Waals surface area contributed by atoms with Gasteiger partial charge in [-0.1, -0.05) is 133 Å². The van der Waals surface area contributed by atoms with E-state index in [1.165, 1.54) is 6.07 Å². The zero-order valence-electron chi connectivity index (χ0n) is 36.0. The van der Waals surface area contributed by atoms with Crippen molar-refractivity contribution in [1.29, 1.82) is 0 Å². The summed E-state index contributed by atoms with van der Waals surface area (Å²) in [5, 5.41) is 2.54. The van der Waals surface area contributed by atoms with Crippen LogP contribution in [0.15, 0.2) is 172 Å². The van der Waals surface area contributed by atoms with Crippen LogP contribution in [-0.4, -0.2) is 15.0 Å². The highest BCUT2D eigenvalue weighted by atomic mass is 16.3. The molecule has 0 aliphatic heterocycles. The average molecular weight is 652 g/mol. The molecule has 0 saturated heterocycles. The Morgan fingerprint density at radius 1 is 0.400 bits per heavy atom. The molecule has 0 amide bonds. The van der Waals surface area contributed by atoms with Gasteiger partial charge in [-0.3, -0.25) is 0 Å². The lowest BCUT2D eigenvalue weighted by atomic mass is 9.95. The number of rotatable bonds is 5. The maximum atomic E-state index is 8.92. The van der Waals surface area contributed by atoms with Gasteiger partial charge in [-0.05, 0) is 47.0 Å². The first kappa shape index (κ1) is 19.8. The minimum absolute atomic E-state index is 0.0632. The lowest BCUT2D eigenvalue weighted by Crippen LogP contribution is -2.00. The second-order valence-electron chi connectivity index (χ2n) is 11.6. The molecule has 3 heterocycles. The van der Waals surface area contributed by atoms with E-state index in [0.29, 0.717) is 50.3 Å². The highest BCUT2D eigenvalue weighted by Crippen LogP contribution is 2.43. The fourth-order valence-corrected chi connectivity index (χ4v) is 6.52. The topological polar surface area (TPSA) is 65.0 Å². The third kappa shape index (κ3) is 4.60. The van der Waals surface area contributed by atoms with Gasteiger partial charge in [0.15, 0.2) is 17.5 Å². The van der Waals surface area contributed by atoms with Gasteiger partial charge in [0.2, 0.25) is 0 Å². The van der Waals surface area contributed by atoms with Crippen molar-refractivity contribution in [2.75, 3.05) is 0 Å². The minimum Gasteiger partial charge on any atom is -0.456 e. The van der Waals surface area contributed by atoms with Crippen LogP contribution >= 0.6 is 0 Å². The maximum Gasteiger partial charge on any atom is 0.164 e. The van der Waals surface area contributed by atoms with E-state index in [-0.39, 0.29) is 33.7 Å². The molecule has 0 aliphatic rings. The van der Waals surface area contributed by atoms with Crippen molar-refractivity contribution in [3.8, 4) is 56.4 Å². The van der Waals surface area contributed by atoms with Gasteiger partial charge in [0.25, 0.3) is 0 Å². The number of benzene rings is 7. The summed E-state index contributed by atoms with van der Waals surface area (Å²) in [5.41, 5.74) is 3.62. The Labute approximate surface area is 301 Å². The molecule has 0 radical (unpaired) electrons. The van der Waals surface area contributed by atoms with Crippen LogP contribution in [0.25, 0.3) is 100 Å². The molecule has 234 valence electrons. The quantitative estimate of drug-likeness (QED) is 0.185. The molecular formula is C45H27N3O2. The van der Waals surface area contributed by atoms with Crippen LogP contribution in [0.2, 0.25) is 0 Å². The lowest BCUT2D eigenvalue weighted by molar-refractivity contribution is 0.669. The average Bonchev–Trinajstić information content (AvgIpc) is 3.85. The number of fused-ring (bicyclic) bond motifs is 6. The zero-order chi connectivity index (χ0) is 41.7. The second kappa shape index (κ2) is 11.4. The Morgan fingerprint density at radius 2 is 0.980 bits per heavy atom. The van der Waals surface area contributed by atoms with E-state index >= 15 is 0 Å². The lowest BCUT2D eigenvalue weighted by Gasteiger charge is -2.10. The monoisotopic (exact) mass is 651 g/mol. The number of furan rings is 2. The van der Waals surface area contributed by atoms with Crippen LogP contribution in [0.1, 0.15) is 13.7 Å². The molecule has 0 bridgehead atoms. The van der Waals surface area contributed by atoms with E-state index in [1.807, 2.05) is 72.8 Å². The van der Waals surface area contributed by atoms with Crippen LogP contribution in [-0.2, 0) is 0 Å². The Balaban J connectivity index is 1.32. The predicted octanol–water partition coefficient (Wildman–Crippen LogP) is 12.0. The van der Waals surface area contributed by atoms with Crippen molar-refractivity contribution in [3.63, 3.8) is 0 Å². The second-order valence-corrected chi connectivity index (χ2v) is 11.6. The van der Waals surface area contributed by atoms with E-state index in [0.717, 1.165) is 16.3 Å². The minimum atomic E-state index is -0.586. The van der Waals surface area contributed by atoms with E-state index < -0.39 is 60.4 Å². The van der Waals surface area contributed by atoms with Crippen LogP contribution in [0, 0.1) is 0 Å². The van der Waals surface area contributed by atoms with E-state index in [4.69, 9.17) is 37.5 Å². The van der Waals surface area contributed by atoms with Crippen LogP contribution < -0.4 is 0 Å². The Hall–Kier alpha value is -6.85. The van der Waals surface area contributed by atoms with Crippen LogP contribution in [0.5, 0.6) is 0 Å². The highest BCUT2D eigenvalue weighted by Gasteiger charge is 2.22. The molecule has 0 N–H and O–H groups in total. The highest BCUT2D eigenvalue weighted by molar-refractivity contribution is 6.16. The molecule has 5 heteroatoms. The van der Waals surface area contributed by atoms with E-state index in [1.54, 1.807) is 24.3 Å². The number of hydrogen-bond donors (Lipinski definition) is 0. The molecule has 5 nitrogen and oxygen atoms in total. The summed E-state index contributed by atoms with van der Waals surface area (Å²) in [4.78, 5) is 15.1. The summed E-state index contributed by atoms with van der Waals surface area (Å²) in [6, 6.07) is 25.8. The summed E-state index contributed by atoms with van der Waals surface area (Å²) >= 11 is 0. The van der Waals surface area contributed by atoms with E-state index in [9.17, 15) is 0 Å². The molecule has 50 heavy (non-hydrogen) atoms. The third-order valence-corrected chi connectivity index (χ3v) is 8.71. The van der Waals surface area contributed by atoms with Gasteiger partial charge in [0.05, 0.1) is 13.7 Å². The van der Waals surface area contributed by atoms with Gasteiger partial charge in [0, 0.05) is 43.8 Å². The van der Waals surface area contributed by atoms with Crippen molar-refractivity contribution < 1.29 is 22.5 Å². The first-order valence-electron chi connectivity index (χ1n) is 20.8. The number of nitrogens with zero attached hydrogens (tertiary/aromatic N) is 3. The zero-order valence-corrected chi connectivity index (χ0v) is 26.0. The summed E-state index contributed by atoms with van der Waals surface area (Å²) in [6.45, 7) is 0. The first-order valence-corrected chi connectivity index (χ1v) is 15.8. The molecular weight excluding hydrogens is 615 g/mol. The van der Waals surface area contributed by atoms with Crippen molar-refractivity contribution >= 4 is 43.9 Å². The van der Waals surface area contributed by atoms with E-state index in [2.05, 4.69) is 0 Å². The largest absolute Gasteiger partial charge is 0.456 e. The van der Waals surface area contributed by atoms with Gasteiger partial charge in [-0.25, -0.2) is 15.0 Å². The smallest absolute Gasteiger partial charge is 0.164 e. The Bertz CT molecular complexity index is 3400. The molecule has 0 saturated carbocycles. The fraction of sp³-hybridized carbons (Fsp3) is 0. The third-order valence-electron chi connectivity index (χ3n) is 8.71. The standard InChI is InChI=1S/C45H27N3O2/c1-4-14-28(15-5-1)31-26-35(29-16-6-2-7-17-29)42-36(27-31)41-34(22-13-25-39(41)50-42)45-47-43(30-18-8-3-9-19-30)46-44(48-45)33-21-12-24-38-40(33)32-20-10-11-23-37(32)49-38/h1-27H/i1D,2D,4D,5D,6D,7D,14D,15D,16D,17D. The Kier molecular flexibility index (Phi) is 4.52. The fourth-order valence-electron chi connectivity index (χ4n) is 6.52. The van der Waals surface area contributed by atoms with Crippen molar-refractivity contribution in [1.82, 2.24) is 15.0 Å². The molecule has 7 aromatic carbocycles. The van der Waals surface area contributed by atoms with Crippen molar-refractivity contribution in [2.45, 2.75) is 0 Å². The summed E-state index contributed by atoms with van der Waals surface area (Å²) in [5.74, 6) is 1.000. The molecule has 0 aliphatic carbocycles. The molecule has 3 aromatic heterocycles. The van der Waals surface area contributed by atoms with Gasteiger partial charge in [-0.2, -0.15) is 0 Å². The number of para-hydroxylation sites is 1. The number of aromatic nitrogens is 3. The predicted molar refractivity (Wildman–Crippen MR) is 202 cm³/mol. The molecule has 0 spiro atoms. The molecule has 10 rings (SSSR count). The molecule has 0 unspecified atom stereocenters. The molecule has 0 atom stereocenters. The SMILES string of the molecule is [2H]c1c([2H])c([2H])c(-c2cc(-c3c([2H])c([2H])c([2H])c([2H])c3[2H])c3oc4cccc(-c5nc(-c6ccccc6)nc(-c6cccc7oc8ccccc8c67)n5)c4c3c2)c([2H])c1[2H]. The summed E-state index contributed by atoms with van der Waals surface area (Å²) in [6.07, 6.45) is 0. The van der Waals surface area contributed by atoms with Crippen molar-refractivity contribution in [2.24, 2.45) is 0 Å². The van der Waals surface area contributed by atoms with Crippen LogP contribution in [0.4, 0.5) is 0 Å². The normalized spacial score (nSPS) is 14.4. The van der Waals surface area contributed by atoms with Crippen LogP contribution in [0.3, 0.4) is 0 Å². The molecule has 0 fully saturated rings. The number of hydrogen-bond acceptors (Lipinski definition) is 5. The van der Waals surface area contributed by atoms with Gasteiger partial charge in [-0.15, -0.1) is 0 Å². The first-order chi connectivity index (χ1) is 28.9. The van der Waals surface area contributed by atoms with Gasteiger partial charge < -0.3 is 8.83 Å². The maximum absolute atomic E-state index is 8.92. The van der Waals surface area contributed by atoms with Gasteiger partial charge in [0.1, 0.15) is 22.3 Å². The van der Waals surface area contributed by atoms with Gasteiger partial charge >= 0.3 is 0 Å². The summed E-state index contributed by atoms with van der Waals surface area (Å²) in [7, 11) is 0. The summed E-state index contributed by atoms with van der Waals surface area (Å²) < 4.78 is 98.6. The van der Waals surface area contributed by atoms with Crippen molar-refractivity contribution in [3.05, 3.63) is 164 Å². The molecule has 10 aromatic rings. The Morgan fingerprint density at radius 3 is 1.70 bits per heavy atom.